The van der Waals surface area contributed by atoms with Gasteiger partial charge in [0.05, 0.1) is 5.56 Å². The van der Waals surface area contributed by atoms with Gasteiger partial charge in [-0.25, -0.2) is 9.18 Å². The average Bonchev–Trinajstić information content (AvgIpc) is 2.76. The molecule has 0 amide bonds. The molecule has 5 nitrogen and oxygen atoms in total. The van der Waals surface area contributed by atoms with Crippen LogP contribution < -0.4 is 9.47 Å². The van der Waals surface area contributed by atoms with E-state index in [9.17, 15) is 14.0 Å². The molecule has 148 valence electrons. The van der Waals surface area contributed by atoms with Gasteiger partial charge in [-0.1, -0.05) is 42.5 Å². The Kier molecular flexibility index (Phi) is 6.95. The Morgan fingerprint density at radius 3 is 2.03 bits per heavy atom. The van der Waals surface area contributed by atoms with Gasteiger partial charge in [0.2, 0.25) is 5.78 Å². The molecule has 0 heterocycles. The fourth-order valence-electron chi connectivity index (χ4n) is 2.47. The van der Waals surface area contributed by atoms with E-state index in [0.29, 0.717) is 18.1 Å². The van der Waals surface area contributed by atoms with E-state index in [0.717, 1.165) is 5.56 Å². The van der Waals surface area contributed by atoms with Crippen LogP contribution in [0.2, 0.25) is 0 Å². The van der Waals surface area contributed by atoms with Gasteiger partial charge in [-0.3, -0.25) is 4.79 Å². The molecular weight excluding hydrogens is 375 g/mol. The van der Waals surface area contributed by atoms with E-state index in [4.69, 9.17) is 14.2 Å². The van der Waals surface area contributed by atoms with E-state index >= 15 is 0 Å². The van der Waals surface area contributed by atoms with Crippen molar-refractivity contribution in [2.45, 2.75) is 6.61 Å². The fraction of sp³-hybridized carbons (Fsp3) is 0.130. The van der Waals surface area contributed by atoms with Crippen molar-refractivity contribution in [2.24, 2.45) is 0 Å². The third kappa shape index (κ3) is 6.17. The number of carbonyl (C=O) groups excluding carboxylic acids is 2. The second-order valence-corrected chi connectivity index (χ2v) is 6.10. The lowest BCUT2D eigenvalue weighted by atomic mass is 10.1. The van der Waals surface area contributed by atoms with Crippen LogP contribution in [0.15, 0.2) is 78.9 Å². The van der Waals surface area contributed by atoms with E-state index in [1.165, 1.54) is 24.3 Å². The maximum Gasteiger partial charge on any atom is 0.344 e. The topological polar surface area (TPSA) is 61.8 Å². The molecule has 0 bridgehead atoms. The van der Waals surface area contributed by atoms with Crippen molar-refractivity contribution < 1.29 is 28.2 Å². The smallest absolute Gasteiger partial charge is 0.344 e. The molecule has 0 N–H and O–H groups in total. The molecule has 3 aromatic carbocycles. The van der Waals surface area contributed by atoms with Gasteiger partial charge in [0.1, 0.15) is 23.9 Å². The number of hydrogen-bond donors (Lipinski definition) is 0. The number of hydrogen-bond acceptors (Lipinski definition) is 5. The van der Waals surface area contributed by atoms with E-state index < -0.39 is 24.2 Å². The molecule has 29 heavy (non-hydrogen) atoms. The summed E-state index contributed by atoms with van der Waals surface area (Å²) < 4.78 is 29.4. The van der Waals surface area contributed by atoms with Gasteiger partial charge in [0, 0.05) is 0 Å². The van der Waals surface area contributed by atoms with E-state index in [2.05, 4.69) is 0 Å². The molecule has 3 aromatic rings. The maximum atomic E-state index is 13.5. The van der Waals surface area contributed by atoms with Gasteiger partial charge in [0.25, 0.3) is 0 Å². The second-order valence-electron chi connectivity index (χ2n) is 6.10. The first-order valence-corrected chi connectivity index (χ1v) is 8.95. The monoisotopic (exact) mass is 394 g/mol. The summed E-state index contributed by atoms with van der Waals surface area (Å²) in [5.74, 6) is -0.872. The molecule has 0 fully saturated rings. The van der Waals surface area contributed by atoms with Crippen LogP contribution in [0, 0.1) is 5.82 Å². The van der Waals surface area contributed by atoms with Crippen LogP contribution in [0.4, 0.5) is 4.39 Å². The Morgan fingerprint density at radius 2 is 1.34 bits per heavy atom. The van der Waals surface area contributed by atoms with Crippen molar-refractivity contribution in [3.63, 3.8) is 0 Å². The summed E-state index contributed by atoms with van der Waals surface area (Å²) in [5, 5.41) is 0. The number of Topliss-reactive ketones (excluding diaryl/α,β-unsaturated/α-hetero) is 1. The van der Waals surface area contributed by atoms with Crippen LogP contribution in [0.1, 0.15) is 15.9 Å². The zero-order chi connectivity index (χ0) is 20.5. The summed E-state index contributed by atoms with van der Waals surface area (Å²) in [6, 6.07) is 22.1. The molecule has 0 saturated carbocycles. The number of halogens is 1. The Balaban J connectivity index is 1.41. The van der Waals surface area contributed by atoms with E-state index in [-0.39, 0.29) is 12.2 Å². The molecule has 0 aromatic heterocycles. The van der Waals surface area contributed by atoms with E-state index in [1.807, 2.05) is 30.3 Å². The van der Waals surface area contributed by atoms with Gasteiger partial charge in [-0.05, 0) is 42.0 Å². The molecular formula is C23H19FO5. The third-order valence-electron chi connectivity index (χ3n) is 3.97. The summed E-state index contributed by atoms with van der Waals surface area (Å²) in [5.41, 5.74) is 0.938. The molecule has 0 aliphatic carbocycles. The lowest BCUT2D eigenvalue weighted by Crippen LogP contribution is -2.20. The van der Waals surface area contributed by atoms with Crippen LogP contribution in [0.3, 0.4) is 0 Å². The third-order valence-corrected chi connectivity index (χ3v) is 3.97. The van der Waals surface area contributed by atoms with Gasteiger partial charge in [-0.15, -0.1) is 0 Å². The predicted molar refractivity (Wildman–Crippen MR) is 104 cm³/mol. The van der Waals surface area contributed by atoms with Gasteiger partial charge >= 0.3 is 5.97 Å². The van der Waals surface area contributed by atoms with Crippen LogP contribution in [0.25, 0.3) is 0 Å². The molecule has 0 unspecified atom stereocenters. The van der Waals surface area contributed by atoms with Crippen LogP contribution in [0.5, 0.6) is 11.5 Å². The van der Waals surface area contributed by atoms with Crippen molar-refractivity contribution in [1.29, 1.82) is 0 Å². The summed E-state index contributed by atoms with van der Waals surface area (Å²) in [4.78, 5) is 23.6. The van der Waals surface area contributed by atoms with Gasteiger partial charge in [0.15, 0.2) is 13.2 Å². The lowest BCUT2D eigenvalue weighted by Gasteiger charge is -2.09. The van der Waals surface area contributed by atoms with Crippen molar-refractivity contribution in [3.8, 4) is 11.5 Å². The molecule has 0 atom stereocenters. The SMILES string of the molecule is O=C(COc1ccc(OCc2ccccc2)cc1)OCC(=O)c1ccccc1F. The molecule has 0 aliphatic heterocycles. The average molecular weight is 394 g/mol. The van der Waals surface area contributed by atoms with Crippen molar-refractivity contribution >= 4 is 11.8 Å². The minimum atomic E-state index is -0.723. The lowest BCUT2D eigenvalue weighted by molar-refractivity contribution is -0.144. The molecule has 0 spiro atoms. The van der Waals surface area contributed by atoms with Crippen molar-refractivity contribution in [3.05, 3.63) is 95.8 Å². The highest BCUT2D eigenvalue weighted by Crippen LogP contribution is 2.18. The molecule has 0 radical (unpaired) electrons. The molecule has 0 aliphatic rings. The normalized spacial score (nSPS) is 10.2. The zero-order valence-electron chi connectivity index (χ0n) is 15.5. The van der Waals surface area contributed by atoms with Crippen molar-refractivity contribution in [2.75, 3.05) is 13.2 Å². The van der Waals surface area contributed by atoms with Gasteiger partial charge in [-0.2, -0.15) is 0 Å². The zero-order valence-corrected chi connectivity index (χ0v) is 15.5. The molecule has 0 saturated heterocycles. The summed E-state index contributed by atoms with van der Waals surface area (Å²) in [6.45, 7) is -0.465. The summed E-state index contributed by atoms with van der Waals surface area (Å²) in [7, 11) is 0. The Hall–Kier alpha value is -3.67. The number of esters is 1. The largest absolute Gasteiger partial charge is 0.489 e. The minimum Gasteiger partial charge on any atom is -0.489 e. The number of benzene rings is 3. The van der Waals surface area contributed by atoms with Crippen LogP contribution >= 0.6 is 0 Å². The first-order chi connectivity index (χ1) is 14.1. The Morgan fingerprint density at radius 1 is 0.724 bits per heavy atom. The highest BCUT2D eigenvalue weighted by molar-refractivity contribution is 5.98. The fourth-order valence-corrected chi connectivity index (χ4v) is 2.47. The van der Waals surface area contributed by atoms with Crippen molar-refractivity contribution in [1.82, 2.24) is 0 Å². The first-order valence-electron chi connectivity index (χ1n) is 8.95. The number of ketones is 1. The Labute approximate surface area is 167 Å². The standard InChI is InChI=1S/C23H19FO5/c24-21-9-5-4-8-20(21)22(25)15-29-23(26)16-28-19-12-10-18(11-13-19)27-14-17-6-2-1-3-7-17/h1-13H,14-16H2. The molecule has 3 rings (SSSR count). The first kappa shape index (κ1) is 20.1. The number of ether oxygens (including phenoxy) is 3. The quantitative estimate of drug-likeness (QED) is 0.402. The molecule has 6 heteroatoms. The Bertz CT molecular complexity index is 955. The summed E-state index contributed by atoms with van der Waals surface area (Å²) in [6.07, 6.45) is 0. The number of rotatable bonds is 9. The highest BCUT2D eigenvalue weighted by atomic mass is 19.1. The minimum absolute atomic E-state index is 0.118. The van der Waals surface area contributed by atoms with E-state index in [1.54, 1.807) is 24.3 Å². The maximum absolute atomic E-state index is 13.5. The summed E-state index contributed by atoms with van der Waals surface area (Å²) >= 11 is 0. The van der Waals surface area contributed by atoms with Gasteiger partial charge < -0.3 is 14.2 Å². The highest BCUT2D eigenvalue weighted by Gasteiger charge is 2.14. The predicted octanol–water partition coefficient (Wildman–Crippen LogP) is 4.21. The van der Waals surface area contributed by atoms with Crippen LogP contribution in [-0.2, 0) is 16.1 Å². The second kappa shape index (κ2) is 10.0. The number of carbonyl (C=O) groups is 2. The van der Waals surface area contributed by atoms with Crippen LogP contribution in [-0.4, -0.2) is 25.0 Å².